The summed E-state index contributed by atoms with van der Waals surface area (Å²) < 4.78 is 26.9. The number of benzene rings is 2. The minimum atomic E-state index is -0.232. The van der Waals surface area contributed by atoms with E-state index >= 15 is 0 Å². The zero-order chi connectivity index (χ0) is 19.3. The first kappa shape index (κ1) is 18.9. The third kappa shape index (κ3) is 4.34. The molecule has 28 heavy (non-hydrogen) atoms. The van der Waals surface area contributed by atoms with Gasteiger partial charge in [0, 0.05) is 12.0 Å². The second kappa shape index (κ2) is 8.71. The van der Waals surface area contributed by atoms with Gasteiger partial charge in [0.25, 0.3) is 0 Å². The molecule has 1 aliphatic heterocycles. The van der Waals surface area contributed by atoms with Gasteiger partial charge in [-0.1, -0.05) is 0 Å². The zero-order valence-corrected chi connectivity index (χ0v) is 16.6. The van der Waals surface area contributed by atoms with Gasteiger partial charge in [-0.3, -0.25) is 0 Å². The number of hydrogen-bond acceptors (Lipinski definition) is 4. The highest BCUT2D eigenvalue weighted by Crippen LogP contribution is 2.24. The Bertz CT molecular complexity index is 971. The minimum Gasteiger partial charge on any atom is -0.494 e. The number of halogens is 1. The van der Waals surface area contributed by atoms with E-state index < -0.39 is 0 Å². The quantitative estimate of drug-likeness (QED) is 0.575. The zero-order valence-electron chi connectivity index (χ0n) is 15.8. The average Bonchev–Trinajstić information content (AvgIpc) is 3.35. The molecule has 0 aliphatic carbocycles. The van der Waals surface area contributed by atoms with E-state index in [-0.39, 0.29) is 11.9 Å². The Morgan fingerprint density at radius 2 is 1.96 bits per heavy atom. The highest BCUT2D eigenvalue weighted by molar-refractivity contribution is 7.07. The van der Waals surface area contributed by atoms with Crippen LogP contribution >= 0.6 is 11.3 Å². The van der Waals surface area contributed by atoms with Crippen LogP contribution in [0.2, 0.25) is 0 Å². The number of hydrogen-bond donors (Lipinski definition) is 0. The van der Waals surface area contributed by atoms with Crippen molar-refractivity contribution in [1.29, 1.82) is 0 Å². The smallest absolute Gasteiger partial charge is 0.190 e. The van der Waals surface area contributed by atoms with E-state index in [2.05, 4.69) is 9.95 Å². The highest BCUT2D eigenvalue weighted by Gasteiger charge is 2.19. The molecule has 0 unspecified atom stereocenters. The molecule has 2 heterocycles. The van der Waals surface area contributed by atoms with Gasteiger partial charge in [0.2, 0.25) is 0 Å². The van der Waals surface area contributed by atoms with E-state index in [9.17, 15) is 4.39 Å². The highest BCUT2D eigenvalue weighted by atomic mass is 32.1. The lowest BCUT2D eigenvalue weighted by atomic mass is 10.1. The summed E-state index contributed by atoms with van der Waals surface area (Å²) in [7, 11) is 0. The van der Waals surface area contributed by atoms with Crippen LogP contribution in [0, 0.1) is 5.82 Å². The van der Waals surface area contributed by atoms with Crippen LogP contribution in [0.1, 0.15) is 19.8 Å². The number of ether oxygens (including phenoxy) is 2. The Morgan fingerprint density at radius 3 is 2.64 bits per heavy atom. The molecule has 1 aliphatic rings. The summed E-state index contributed by atoms with van der Waals surface area (Å²) in [6, 6.07) is 14.4. The Balaban J connectivity index is 1.72. The first-order valence-electron chi connectivity index (χ1n) is 9.56. The maximum absolute atomic E-state index is 13.4. The molecule has 4 rings (SSSR count). The summed E-state index contributed by atoms with van der Waals surface area (Å²) in [6.45, 7) is 4.16. The summed E-state index contributed by atoms with van der Waals surface area (Å²) in [5.41, 5.74) is 2.88. The van der Waals surface area contributed by atoms with Crippen LogP contribution in [0.3, 0.4) is 0 Å². The number of rotatable bonds is 6. The maximum atomic E-state index is 13.4. The molecule has 6 heteroatoms. The van der Waals surface area contributed by atoms with Crippen LogP contribution < -0.4 is 9.54 Å². The van der Waals surface area contributed by atoms with Gasteiger partial charge in [-0.15, -0.1) is 11.3 Å². The third-order valence-corrected chi connectivity index (χ3v) is 5.58. The predicted octanol–water partition coefficient (Wildman–Crippen LogP) is 5.17. The second-order valence-electron chi connectivity index (χ2n) is 6.69. The van der Waals surface area contributed by atoms with E-state index in [4.69, 9.17) is 14.5 Å². The van der Waals surface area contributed by atoms with Gasteiger partial charge in [-0.2, -0.15) is 0 Å². The molecule has 4 nitrogen and oxygen atoms in total. The van der Waals surface area contributed by atoms with Crippen LogP contribution in [-0.4, -0.2) is 23.9 Å². The van der Waals surface area contributed by atoms with Crippen LogP contribution in [-0.2, 0) is 11.3 Å². The van der Waals surface area contributed by atoms with E-state index in [1.807, 2.05) is 43.3 Å². The summed E-state index contributed by atoms with van der Waals surface area (Å²) in [5, 5.41) is 2.08. The van der Waals surface area contributed by atoms with E-state index in [1.54, 1.807) is 11.3 Å². The van der Waals surface area contributed by atoms with Gasteiger partial charge >= 0.3 is 0 Å². The molecule has 1 atom stereocenters. The van der Waals surface area contributed by atoms with Crippen molar-refractivity contribution < 1.29 is 13.9 Å². The van der Waals surface area contributed by atoms with Crippen LogP contribution in [0.15, 0.2) is 58.9 Å². The summed E-state index contributed by atoms with van der Waals surface area (Å²) in [4.78, 5) is 5.75. The van der Waals surface area contributed by atoms with Crippen molar-refractivity contribution in [2.45, 2.75) is 32.4 Å². The molecule has 1 saturated heterocycles. The Hall–Kier alpha value is -2.44. The van der Waals surface area contributed by atoms with E-state index in [0.29, 0.717) is 6.61 Å². The molecule has 0 spiro atoms. The van der Waals surface area contributed by atoms with Crippen LogP contribution in [0.5, 0.6) is 5.75 Å². The van der Waals surface area contributed by atoms with Gasteiger partial charge in [-0.05, 0) is 73.9 Å². The Kier molecular flexibility index (Phi) is 5.88. The third-order valence-electron chi connectivity index (χ3n) is 4.72. The largest absolute Gasteiger partial charge is 0.494 e. The molecule has 1 fully saturated rings. The molecular weight excluding hydrogens is 375 g/mol. The van der Waals surface area contributed by atoms with Crippen molar-refractivity contribution in [1.82, 2.24) is 4.57 Å². The van der Waals surface area contributed by atoms with Gasteiger partial charge in [-0.25, -0.2) is 9.38 Å². The first-order chi connectivity index (χ1) is 13.7. The fourth-order valence-electron chi connectivity index (χ4n) is 3.33. The van der Waals surface area contributed by atoms with Crippen molar-refractivity contribution in [3.63, 3.8) is 0 Å². The Labute approximate surface area is 167 Å². The molecule has 3 aromatic rings. The monoisotopic (exact) mass is 398 g/mol. The lowest BCUT2D eigenvalue weighted by Gasteiger charge is -2.14. The first-order valence-corrected chi connectivity index (χ1v) is 10.4. The van der Waals surface area contributed by atoms with Gasteiger partial charge in [0.1, 0.15) is 11.6 Å². The molecule has 0 bridgehead atoms. The van der Waals surface area contributed by atoms with Crippen molar-refractivity contribution >= 4 is 17.0 Å². The number of thiazole rings is 1. The molecule has 0 saturated carbocycles. The molecular formula is C22H23FN2O2S. The number of aromatic nitrogens is 1. The molecule has 2 aromatic carbocycles. The summed E-state index contributed by atoms with van der Waals surface area (Å²) in [5.74, 6) is 0.607. The van der Waals surface area contributed by atoms with Crippen molar-refractivity contribution in [2.24, 2.45) is 4.99 Å². The van der Waals surface area contributed by atoms with Crippen molar-refractivity contribution in [2.75, 3.05) is 13.2 Å². The lowest BCUT2D eigenvalue weighted by Crippen LogP contribution is -2.24. The fraction of sp³-hybridized carbons (Fsp3) is 0.318. The molecule has 146 valence electrons. The molecule has 0 N–H and O–H groups in total. The molecule has 0 radical (unpaired) electrons. The number of nitrogens with zero attached hydrogens (tertiary/aromatic N) is 2. The fourth-order valence-corrected chi connectivity index (χ4v) is 4.27. The van der Waals surface area contributed by atoms with Crippen LogP contribution in [0.4, 0.5) is 10.1 Å². The topological polar surface area (TPSA) is 35.8 Å². The maximum Gasteiger partial charge on any atom is 0.190 e. The van der Waals surface area contributed by atoms with Gasteiger partial charge < -0.3 is 14.0 Å². The van der Waals surface area contributed by atoms with Crippen molar-refractivity contribution in [3.8, 4) is 17.0 Å². The summed E-state index contributed by atoms with van der Waals surface area (Å²) >= 11 is 1.58. The molecule has 1 aromatic heterocycles. The minimum absolute atomic E-state index is 0.188. The predicted molar refractivity (Wildman–Crippen MR) is 110 cm³/mol. The lowest BCUT2D eigenvalue weighted by molar-refractivity contribution is 0.0968. The Morgan fingerprint density at radius 1 is 1.18 bits per heavy atom. The van der Waals surface area contributed by atoms with E-state index in [0.717, 1.165) is 53.5 Å². The van der Waals surface area contributed by atoms with E-state index in [1.165, 1.54) is 12.1 Å². The van der Waals surface area contributed by atoms with Crippen molar-refractivity contribution in [3.05, 3.63) is 64.5 Å². The normalized spacial score (nSPS) is 17.2. The average molecular weight is 399 g/mol. The second-order valence-corrected chi connectivity index (χ2v) is 7.53. The SMILES string of the molecule is CCOc1ccc(N=c2scc(-c3ccc(F)cc3)n2C[C@@H]2CCCO2)cc1. The summed E-state index contributed by atoms with van der Waals surface area (Å²) in [6.07, 6.45) is 2.33. The molecule has 0 amide bonds. The van der Waals surface area contributed by atoms with Gasteiger partial charge in [0.15, 0.2) is 4.80 Å². The van der Waals surface area contributed by atoms with Gasteiger partial charge in [0.05, 0.1) is 30.6 Å². The standard InChI is InChI=1S/C22H23FN2O2S/c1-2-26-19-11-9-18(10-12-19)24-22-25(14-20-4-3-13-27-20)21(15-28-22)16-5-7-17(23)8-6-16/h5-12,15,20H,2-4,13-14H2,1H3/t20-/m0/s1. The van der Waals surface area contributed by atoms with Crippen LogP contribution in [0.25, 0.3) is 11.3 Å².